The first-order valence-corrected chi connectivity index (χ1v) is 12.1. The molecule has 0 atom stereocenters. The molecule has 192 valence electrons. The summed E-state index contributed by atoms with van der Waals surface area (Å²) in [7, 11) is 1.62. The average Bonchev–Trinajstić information content (AvgIpc) is 2.92. The van der Waals surface area contributed by atoms with E-state index in [4.69, 9.17) is 4.74 Å². The van der Waals surface area contributed by atoms with Crippen molar-refractivity contribution in [2.45, 2.75) is 31.6 Å². The van der Waals surface area contributed by atoms with Crippen molar-refractivity contribution in [3.8, 4) is 5.75 Å². The SMILES string of the molecule is COc1ccc(CCC(=O)Nc2ccc(C3CCN(C(=O)c4ccc([N+](=O)[O-])cc4F)CC3)cc2)cc1. The number of benzene rings is 3. The van der Waals surface area contributed by atoms with Gasteiger partial charge >= 0.3 is 0 Å². The Hall–Kier alpha value is -4.27. The van der Waals surface area contributed by atoms with Gasteiger partial charge in [-0.3, -0.25) is 19.7 Å². The van der Waals surface area contributed by atoms with Gasteiger partial charge in [-0.1, -0.05) is 24.3 Å². The first kappa shape index (κ1) is 25.8. The van der Waals surface area contributed by atoms with Crippen LogP contribution in [0.4, 0.5) is 15.8 Å². The summed E-state index contributed by atoms with van der Waals surface area (Å²) >= 11 is 0. The van der Waals surface area contributed by atoms with Crippen LogP contribution in [0.3, 0.4) is 0 Å². The Morgan fingerprint density at radius 2 is 1.73 bits per heavy atom. The van der Waals surface area contributed by atoms with Crippen molar-refractivity contribution in [1.82, 2.24) is 4.90 Å². The summed E-state index contributed by atoms with van der Waals surface area (Å²) in [5.41, 5.74) is 2.36. The number of piperidine rings is 1. The molecule has 0 aliphatic carbocycles. The highest BCUT2D eigenvalue weighted by molar-refractivity contribution is 5.95. The number of amides is 2. The average molecular weight is 506 g/mol. The fourth-order valence-corrected chi connectivity index (χ4v) is 4.49. The number of halogens is 1. The van der Waals surface area contributed by atoms with Crippen molar-refractivity contribution in [2.75, 3.05) is 25.5 Å². The monoisotopic (exact) mass is 505 g/mol. The number of hydrogen-bond donors (Lipinski definition) is 1. The van der Waals surface area contributed by atoms with E-state index in [2.05, 4.69) is 5.32 Å². The van der Waals surface area contributed by atoms with E-state index in [0.29, 0.717) is 38.8 Å². The van der Waals surface area contributed by atoms with Crippen LogP contribution in [0.2, 0.25) is 0 Å². The molecule has 1 heterocycles. The molecule has 3 aromatic rings. The van der Waals surface area contributed by atoms with Crippen molar-refractivity contribution in [3.05, 3.63) is 99.4 Å². The van der Waals surface area contributed by atoms with Gasteiger partial charge in [-0.15, -0.1) is 0 Å². The molecular formula is C28H28FN3O5. The molecule has 1 aliphatic heterocycles. The molecule has 0 spiro atoms. The van der Waals surface area contributed by atoms with Crippen LogP contribution in [0.5, 0.6) is 5.75 Å². The number of non-ortho nitro benzene ring substituents is 1. The number of ether oxygens (including phenoxy) is 1. The molecule has 1 saturated heterocycles. The lowest BCUT2D eigenvalue weighted by Crippen LogP contribution is -2.38. The molecule has 3 aromatic carbocycles. The lowest BCUT2D eigenvalue weighted by molar-refractivity contribution is -0.385. The minimum absolute atomic E-state index is 0.0612. The number of aryl methyl sites for hydroxylation is 1. The molecule has 0 bridgehead atoms. The van der Waals surface area contributed by atoms with Crippen molar-refractivity contribution >= 4 is 23.2 Å². The molecule has 0 unspecified atom stereocenters. The minimum atomic E-state index is -0.886. The molecule has 0 aromatic heterocycles. The quantitative estimate of drug-likeness (QED) is 0.329. The van der Waals surface area contributed by atoms with Gasteiger partial charge < -0.3 is 15.0 Å². The highest BCUT2D eigenvalue weighted by Crippen LogP contribution is 2.30. The van der Waals surface area contributed by atoms with Crippen LogP contribution >= 0.6 is 0 Å². The molecule has 2 amide bonds. The first-order valence-electron chi connectivity index (χ1n) is 12.1. The molecule has 9 heteroatoms. The zero-order valence-electron chi connectivity index (χ0n) is 20.5. The van der Waals surface area contributed by atoms with Crippen molar-refractivity contribution in [2.24, 2.45) is 0 Å². The predicted octanol–water partition coefficient (Wildman–Crippen LogP) is 5.33. The Morgan fingerprint density at radius 3 is 2.32 bits per heavy atom. The number of methoxy groups -OCH3 is 1. The molecule has 8 nitrogen and oxygen atoms in total. The number of nitro groups is 1. The molecule has 0 saturated carbocycles. The highest BCUT2D eigenvalue weighted by atomic mass is 19.1. The minimum Gasteiger partial charge on any atom is -0.497 e. The normalized spacial score (nSPS) is 13.7. The van der Waals surface area contributed by atoms with Crippen LogP contribution < -0.4 is 10.1 Å². The van der Waals surface area contributed by atoms with E-state index in [9.17, 15) is 24.1 Å². The number of nitrogens with zero attached hydrogens (tertiary/aromatic N) is 2. The maximum absolute atomic E-state index is 14.3. The second-order valence-electron chi connectivity index (χ2n) is 9.01. The number of nitrogens with one attached hydrogen (secondary N) is 1. The van der Waals surface area contributed by atoms with Crippen LogP contribution in [0.25, 0.3) is 0 Å². The lowest BCUT2D eigenvalue weighted by atomic mass is 9.89. The van der Waals surface area contributed by atoms with Crippen LogP contribution in [0.1, 0.15) is 46.7 Å². The Balaban J connectivity index is 1.26. The summed E-state index contributed by atoms with van der Waals surface area (Å²) in [6.07, 6.45) is 2.44. The van der Waals surface area contributed by atoms with Gasteiger partial charge in [0, 0.05) is 31.3 Å². The first-order chi connectivity index (χ1) is 17.8. The topological polar surface area (TPSA) is 102 Å². The number of hydrogen-bond acceptors (Lipinski definition) is 5. The van der Waals surface area contributed by atoms with Gasteiger partial charge in [0.1, 0.15) is 11.6 Å². The zero-order valence-corrected chi connectivity index (χ0v) is 20.5. The molecule has 4 rings (SSSR count). The van der Waals surface area contributed by atoms with E-state index >= 15 is 0 Å². The van der Waals surface area contributed by atoms with E-state index in [-0.39, 0.29) is 23.1 Å². The van der Waals surface area contributed by atoms with Gasteiger partial charge in [-0.05, 0) is 66.6 Å². The van der Waals surface area contributed by atoms with E-state index in [1.54, 1.807) is 12.0 Å². The van der Waals surface area contributed by atoms with Gasteiger partial charge in [0.05, 0.1) is 23.7 Å². The number of rotatable bonds is 8. The number of likely N-dealkylation sites (tertiary alicyclic amines) is 1. The van der Waals surface area contributed by atoms with Gasteiger partial charge in [-0.2, -0.15) is 0 Å². The van der Waals surface area contributed by atoms with E-state index in [1.165, 1.54) is 6.07 Å². The summed E-state index contributed by atoms with van der Waals surface area (Å²) in [6, 6.07) is 18.5. The summed E-state index contributed by atoms with van der Waals surface area (Å²) < 4.78 is 19.4. The Bertz CT molecular complexity index is 1270. The van der Waals surface area contributed by atoms with E-state index < -0.39 is 16.6 Å². The maximum atomic E-state index is 14.3. The molecular weight excluding hydrogens is 477 g/mol. The summed E-state index contributed by atoms with van der Waals surface area (Å²) in [5.74, 6) is -0.384. The molecule has 1 N–H and O–H groups in total. The second-order valence-corrected chi connectivity index (χ2v) is 9.01. The summed E-state index contributed by atoms with van der Waals surface area (Å²) in [4.78, 5) is 36.8. The molecule has 37 heavy (non-hydrogen) atoms. The Morgan fingerprint density at radius 1 is 1.05 bits per heavy atom. The third-order valence-corrected chi connectivity index (χ3v) is 6.64. The fraction of sp³-hybridized carbons (Fsp3) is 0.286. The van der Waals surface area contributed by atoms with Crippen LogP contribution in [0, 0.1) is 15.9 Å². The Labute approximate surface area is 214 Å². The number of carbonyl (C=O) groups excluding carboxylic acids is 2. The largest absolute Gasteiger partial charge is 0.497 e. The smallest absolute Gasteiger partial charge is 0.272 e. The molecule has 1 aliphatic rings. The molecule has 1 fully saturated rings. The predicted molar refractivity (Wildman–Crippen MR) is 137 cm³/mol. The molecule has 0 radical (unpaired) electrons. The Kier molecular flexibility index (Phi) is 8.12. The standard InChI is InChI=1S/C28H28FN3O5/c1-37-24-10-2-19(3-11-24)4-13-27(33)30-22-7-5-20(6-8-22)21-14-16-31(17-15-21)28(34)25-12-9-23(32(35)36)18-26(25)29/h2-3,5-12,18,21H,4,13-17H2,1H3,(H,30,33). The fourth-order valence-electron chi connectivity index (χ4n) is 4.49. The van der Waals surface area contributed by atoms with Crippen molar-refractivity contribution < 1.29 is 23.6 Å². The van der Waals surface area contributed by atoms with Crippen LogP contribution in [-0.4, -0.2) is 41.8 Å². The van der Waals surface area contributed by atoms with E-state index in [1.807, 2.05) is 48.5 Å². The van der Waals surface area contributed by atoms with E-state index in [0.717, 1.165) is 34.7 Å². The maximum Gasteiger partial charge on any atom is 0.272 e. The third-order valence-electron chi connectivity index (χ3n) is 6.64. The zero-order chi connectivity index (χ0) is 26.4. The van der Waals surface area contributed by atoms with Crippen molar-refractivity contribution in [1.29, 1.82) is 0 Å². The van der Waals surface area contributed by atoms with Crippen LogP contribution in [0.15, 0.2) is 66.7 Å². The lowest BCUT2D eigenvalue weighted by Gasteiger charge is -2.32. The highest BCUT2D eigenvalue weighted by Gasteiger charge is 2.27. The van der Waals surface area contributed by atoms with Gasteiger partial charge in [0.15, 0.2) is 0 Å². The van der Waals surface area contributed by atoms with Crippen molar-refractivity contribution in [3.63, 3.8) is 0 Å². The second kappa shape index (κ2) is 11.6. The third kappa shape index (κ3) is 6.49. The van der Waals surface area contributed by atoms with Crippen LogP contribution in [-0.2, 0) is 11.2 Å². The number of nitro benzene ring substituents is 1. The number of carbonyl (C=O) groups is 2. The van der Waals surface area contributed by atoms with Gasteiger partial charge in [0.25, 0.3) is 11.6 Å². The summed E-state index contributed by atoms with van der Waals surface area (Å²) in [5, 5.41) is 13.7. The van der Waals surface area contributed by atoms with Gasteiger partial charge in [-0.25, -0.2) is 4.39 Å². The van der Waals surface area contributed by atoms with Gasteiger partial charge in [0.2, 0.25) is 5.91 Å². The number of anilines is 1. The summed E-state index contributed by atoms with van der Waals surface area (Å²) in [6.45, 7) is 0.924.